The molecule has 0 spiro atoms. The first-order valence-corrected chi connectivity index (χ1v) is 10.7. The summed E-state index contributed by atoms with van der Waals surface area (Å²) in [5, 5.41) is 11.9. The molecule has 0 unspecified atom stereocenters. The van der Waals surface area contributed by atoms with Crippen molar-refractivity contribution >= 4 is 20.2 Å². The molecule has 0 aromatic heterocycles. The second-order valence-corrected chi connectivity index (χ2v) is 12.2. The second kappa shape index (κ2) is 7.57. The summed E-state index contributed by atoms with van der Waals surface area (Å²) in [6.07, 6.45) is 0.930. The second-order valence-electron chi connectivity index (χ2n) is 7.36. The Hall–Kier alpha value is -0.923. The average Bonchev–Trinajstić information content (AvgIpc) is 2.89. The minimum absolute atomic E-state index is 0.0795. The number of nitrogens with one attached hydrogen (secondary N) is 1. The van der Waals surface area contributed by atoms with Crippen LogP contribution in [0.25, 0.3) is 0 Å². The number of carboxylic acids is 1. The molecule has 128 valence electrons. The lowest BCUT2D eigenvalue weighted by atomic mass is 10.1. The van der Waals surface area contributed by atoms with Gasteiger partial charge >= 0.3 is 5.97 Å². The first kappa shape index (κ1) is 19.1. The minimum Gasteiger partial charge on any atom is -0.480 e. The lowest BCUT2D eigenvalue weighted by Gasteiger charge is -2.36. The van der Waals surface area contributed by atoms with E-state index >= 15 is 0 Å². The standard InChI is InChI=1S/C15H29NO5Si/c1-15(2,3)22(4,5)21-9-7-12(14(18)19)16-13(17)11-6-8-20-10-11/h11-12H,6-10H2,1-5H3,(H,16,17)(H,18,19)/t11-,12-/m0/s1. The molecule has 1 saturated heterocycles. The Labute approximate surface area is 133 Å². The molecule has 1 aliphatic rings. The zero-order valence-corrected chi connectivity index (χ0v) is 15.3. The van der Waals surface area contributed by atoms with Crippen LogP contribution in [0, 0.1) is 5.92 Å². The molecule has 0 radical (unpaired) electrons. The van der Waals surface area contributed by atoms with Crippen molar-refractivity contribution in [2.24, 2.45) is 5.92 Å². The van der Waals surface area contributed by atoms with Gasteiger partial charge in [-0.05, 0) is 24.6 Å². The predicted octanol–water partition coefficient (Wildman–Crippen LogP) is 2.00. The Morgan fingerprint density at radius 1 is 1.41 bits per heavy atom. The molecule has 1 heterocycles. The van der Waals surface area contributed by atoms with Crippen molar-refractivity contribution in [1.82, 2.24) is 5.32 Å². The maximum atomic E-state index is 12.0. The third kappa shape index (κ3) is 5.37. The van der Waals surface area contributed by atoms with E-state index in [1.165, 1.54) is 0 Å². The molecule has 1 aliphatic heterocycles. The number of rotatable bonds is 7. The third-order valence-corrected chi connectivity index (χ3v) is 9.13. The van der Waals surface area contributed by atoms with Crippen molar-refractivity contribution in [3.8, 4) is 0 Å². The van der Waals surface area contributed by atoms with Gasteiger partial charge in [0, 0.05) is 19.6 Å². The Bertz CT molecular complexity index is 399. The Morgan fingerprint density at radius 2 is 2.05 bits per heavy atom. The van der Waals surface area contributed by atoms with Crippen LogP contribution >= 0.6 is 0 Å². The van der Waals surface area contributed by atoms with E-state index < -0.39 is 20.3 Å². The highest BCUT2D eigenvalue weighted by Gasteiger charge is 2.37. The summed E-state index contributed by atoms with van der Waals surface area (Å²) in [4.78, 5) is 23.3. The molecule has 0 saturated carbocycles. The number of hydrogen-bond acceptors (Lipinski definition) is 4. The minimum atomic E-state index is -1.90. The fourth-order valence-electron chi connectivity index (χ4n) is 1.94. The highest BCUT2D eigenvalue weighted by molar-refractivity contribution is 6.74. The summed E-state index contributed by atoms with van der Waals surface area (Å²) in [5.41, 5.74) is 0. The van der Waals surface area contributed by atoms with Crippen LogP contribution in [-0.2, 0) is 18.8 Å². The van der Waals surface area contributed by atoms with Crippen LogP contribution in [0.5, 0.6) is 0 Å². The molecular formula is C15H29NO5Si. The maximum absolute atomic E-state index is 12.0. The Balaban J connectivity index is 2.48. The van der Waals surface area contributed by atoms with Gasteiger partial charge in [-0.25, -0.2) is 4.79 Å². The van der Waals surface area contributed by atoms with E-state index in [1.54, 1.807) is 0 Å². The average molecular weight is 331 g/mol. The van der Waals surface area contributed by atoms with Gasteiger partial charge in [0.1, 0.15) is 6.04 Å². The monoisotopic (exact) mass is 331 g/mol. The molecule has 1 rings (SSSR count). The molecule has 7 heteroatoms. The number of hydrogen-bond donors (Lipinski definition) is 2. The number of ether oxygens (including phenoxy) is 1. The number of carboxylic acid groups (broad SMARTS) is 1. The van der Waals surface area contributed by atoms with Gasteiger partial charge in [-0.3, -0.25) is 4.79 Å². The van der Waals surface area contributed by atoms with Crippen LogP contribution in [0.4, 0.5) is 0 Å². The SMILES string of the molecule is CC(C)(C)[Si](C)(C)OCC[C@H](NC(=O)[C@H]1CCOC1)C(=O)O. The Kier molecular flexibility index (Phi) is 6.58. The normalized spacial score (nSPS) is 20.7. The van der Waals surface area contributed by atoms with E-state index in [9.17, 15) is 14.7 Å². The largest absolute Gasteiger partial charge is 0.480 e. The number of carbonyl (C=O) groups is 2. The summed E-state index contributed by atoms with van der Waals surface area (Å²) in [6.45, 7) is 11.9. The molecule has 1 fully saturated rings. The molecule has 6 nitrogen and oxygen atoms in total. The van der Waals surface area contributed by atoms with Gasteiger partial charge in [0.15, 0.2) is 8.32 Å². The summed E-state index contributed by atoms with van der Waals surface area (Å²) in [5.74, 6) is -1.49. The van der Waals surface area contributed by atoms with E-state index in [2.05, 4.69) is 39.2 Å². The molecule has 2 N–H and O–H groups in total. The van der Waals surface area contributed by atoms with Crippen LogP contribution in [0.15, 0.2) is 0 Å². The van der Waals surface area contributed by atoms with Gasteiger partial charge in [0.25, 0.3) is 0 Å². The van der Waals surface area contributed by atoms with Crippen LogP contribution in [0.2, 0.25) is 18.1 Å². The zero-order chi connectivity index (χ0) is 17.0. The highest BCUT2D eigenvalue weighted by atomic mass is 28.4. The lowest BCUT2D eigenvalue weighted by Crippen LogP contribution is -2.46. The van der Waals surface area contributed by atoms with E-state index in [-0.39, 0.29) is 23.3 Å². The van der Waals surface area contributed by atoms with E-state index in [1.807, 2.05) is 0 Å². The van der Waals surface area contributed by atoms with Crippen LogP contribution in [0.3, 0.4) is 0 Å². The molecule has 1 amide bonds. The van der Waals surface area contributed by atoms with Gasteiger partial charge in [-0.15, -0.1) is 0 Å². The van der Waals surface area contributed by atoms with Crippen LogP contribution in [0.1, 0.15) is 33.6 Å². The molecule has 0 aliphatic carbocycles. The van der Waals surface area contributed by atoms with Crippen molar-refractivity contribution in [3.05, 3.63) is 0 Å². The number of aliphatic carboxylic acids is 1. The predicted molar refractivity (Wildman–Crippen MR) is 86.3 cm³/mol. The first-order valence-electron chi connectivity index (χ1n) is 7.79. The van der Waals surface area contributed by atoms with E-state index in [4.69, 9.17) is 9.16 Å². The quantitative estimate of drug-likeness (QED) is 0.697. The molecule has 22 heavy (non-hydrogen) atoms. The highest BCUT2D eigenvalue weighted by Crippen LogP contribution is 2.36. The fraction of sp³-hybridized carbons (Fsp3) is 0.867. The third-order valence-electron chi connectivity index (χ3n) is 4.59. The Morgan fingerprint density at radius 3 is 2.50 bits per heavy atom. The molecule has 2 atom stereocenters. The first-order chi connectivity index (χ1) is 10.0. The summed E-state index contributed by atoms with van der Waals surface area (Å²) < 4.78 is 11.1. The van der Waals surface area contributed by atoms with Crippen LogP contribution < -0.4 is 5.32 Å². The zero-order valence-electron chi connectivity index (χ0n) is 14.3. The summed E-state index contributed by atoms with van der Waals surface area (Å²) in [6, 6.07) is -0.905. The molecular weight excluding hydrogens is 302 g/mol. The van der Waals surface area contributed by atoms with Crippen molar-refractivity contribution in [3.63, 3.8) is 0 Å². The topological polar surface area (TPSA) is 84.9 Å². The van der Waals surface area contributed by atoms with Gasteiger partial charge in [-0.2, -0.15) is 0 Å². The van der Waals surface area contributed by atoms with Gasteiger partial charge in [0.2, 0.25) is 5.91 Å². The van der Waals surface area contributed by atoms with Crippen molar-refractivity contribution in [2.75, 3.05) is 19.8 Å². The van der Waals surface area contributed by atoms with Gasteiger partial charge in [-0.1, -0.05) is 20.8 Å². The molecule has 0 bridgehead atoms. The molecule has 0 aromatic rings. The smallest absolute Gasteiger partial charge is 0.326 e. The van der Waals surface area contributed by atoms with Gasteiger partial charge in [0.05, 0.1) is 12.5 Å². The maximum Gasteiger partial charge on any atom is 0.326 e. The number of amides is 1. The molecule has 0 aromatic carbocycles. The van der Waals surface area contributed by atoms with Crippen molar-refractivity contribution < 1.29 is 23.9 Å². The van der Waals surface area contributed by atoms with Crippen molar-refractivity contribution in [2.45, 2.75) is 57.8 Å². The van der Waals surface area contributed by atoms with E-state index in [0.29, 0.717) is 26.2 Å². The van der Waals surface area contributed by atoms with Gasteiger partial charge < -0.3 is 19.6 Å². The summed E-state index contributed by atoms with van der Waals surface area (Å²) >= 11 is 0. The van der Waals surface area contributed by atoms with Crippen molar-refractivity contribution in [1.29, 1.82) is 0 Å². The van der Waals surface area contributed by atoms with E-state index in [0.717, 1.165) is 0 Å². The van der Waals surface area contributed by atoms with Crippen LogP contribution in [-0.4, -0.2) is 51.2 Å². The number of carbonyl (C=O) groups excluding carboxylic acids is 1. The summed E-state index contributed by atoms with van der Waals surface area (Å²) in [7, 11) is -1.90. The fourth-order valence-corrected chi connectivity index (χ4v) is 3.00. The lowest BCUT2D eigenvalue weighted by molar-refractivity contribution is -0.142.